The molecule has 3 heterocycles. The van der Waals surface area contributed by atoms with Crippen molar-refractivity contribution in [3.63, 3.8) is 0 Å². The van der Waals surface area contributed by atoms with Gasteiger partial charge in [-0.2, -0.15) is 9.40 Å². The van der Waals surface area contributed by atoms with E-state index in [1.807, 2.05) is 13.2 Å². The molecule has 1 aliphatic heterocycles. The quantitative estimate of drug-likeness (QED) is 0.641. The molecule has 1 N–H and O–H groups in total. The summed E-state index contributed by atoms with van der Waals surface area (Å²) in [6.07, 6.45) is 8.43. The molecule has 10 heteroatoms. The first kappa shape index (κ1) is 20.2. The first-order valence-electron chi connectivity index (χ1n) is 9.62. The van der Waals surface area contributed by atoms with Gasteiger partial charge in [0, 0.05) is 49.9 Å². The number of nitrogens with zero attached hydrogens (tertiary/aromatic N) is 5. The van der Waals surface area contributed by atoms with Gasteiger partial charge in [-0.1, -0.05) is 0 Å². The van der Waals surface area contributed by atoms with E-state index in [0.29, 0.717) is 30.0 Å². The number of carbonyl (C=O) groups is 1. The van der Waals surface area contributed by atoms with Gasteiger partial charge in [-0.25, -0.2) is 8.42 Å². The Morgan fingerprint density at radius 3 is 2.47 bits per heavy atom. The fourth-order valence-corrected chi connectivity index (χ4v) is 4.92. The number of aromatic nitrogens is 4. The van der Waals surface area contributed by atoms with Crippen LogP contribution in [-0.2, 0) is 23.6 Å². The monoisotopic (exact) mass is 426 g/mol. The number of carbonyl (C=O) groups excluding carboxylic acids is 1. The normalized spacial score (nSPS) is 14.7. The van der Waals surface area contributed by atoms with Crippen LogP contribution in [0, 0.1) is 0 Å². The number of aryl methyl sites for hydroxylation is 1. The molecule has 156 valence electrons. The summed E-state index contributed by atoms with van der Waals surface area (Å²) in [6.45, 7) is 1.27. The molecule has 1 fully saturated rings. The van der Waals surface area contributed by atoms with Crippen molar-refractivity contribution in [2.45, 2.75) is 24.3 Å². The third kappa shape index (κ3) is 4.10. The minimum absolute atomic E-state index is 0.185. The van der Waals surface area contributed by atoms with Crippen LogP contribution in [0.5, 0.6) is 0 Å². The van der Waals surface area contributed by atoms with Crippen molar-refractivity contribution >= 4 is 15.9 Å². The van der Waals surface area contributed by atoms with E-state index in [1.165, 1.54) is 28.6 Å². The lowest BCUT2D eigenvalue weighted by Gasteiger charge is -2.15. The van der Waals surface area contributed by atoms with Crippen LogP contribution in [-0.4, -0.2) is 51.5 Å². The number of sulfonamides is 1. The summed E-state index contributed by atoms with van der Waals surface area (Å²) < 4.78 is 28.4. The van der Waals surface area contributed by atoms with E-state index < -0.39 is 10.0 Å². The van der Waals surface area contributed by atoms with E-state index in [1.54, 1.807) is 23.3 Å². The maximum absolute atomic E-state index is 12.6. The van der Waals surface area contributed by atoms with Gasteiger partial charge in [-0.3, -0.25) is 19.4 Å². The van der Waals surface area contributed by atoms with Crippen molar-refractivity contribution in [3.05, 3.63) is 60.3 Å². The van der Waals surface area contributed by atoms with E-state index in [2.05, 4.69) is 20.4 Å². The lowest BCUT2D eigenvalue weighted by molar-refractivity contribution is 0.0950. The van der Waals surface area contributed by atoms with Crippen molar-refractivity contribution in [1.82, 2.24) is 29.4 Å². The van der Waals surface area contributed by atoms with Gasteiger partial charge < -0.3 is 5.32 Å². The van der Waals surface area contributed by atoms with Crippen LogP contribution in [0.4, 0.5) is 0 Å². The second-order valence-corrected chi connectivity index (χ2v) is 9.01. The van der Waals surface area contributed by atoms with Crippen molar-refractivity contribution in [1.29, 1.82) is 0 Å². The van der Waals surface area contributed by atoms with Gasteiger partial charge >= 0.3 is 0 Å². The fraction of sp³-hybridized carbons (Fsp3) is 0.300. The van der Waals surface area contributed by atoms with Crippen molar-refractivity contribution in [3.8, 4) is 11.3 Å². The van der Waals surface area contributed by atoms with E-state index in [-0.39, 0.29) is 17.3 Å². The lowest BCUT2D eigenvalue weighted by Crippen LogP contribution is -2.28. The molecule has 4 rings (SSSR count). The summed E-state index contributed by atoms with van der Waals surface area (Å²) in [5.74, 6) is -0.317. The SMILES string of the molecule is Cn1cc(-c2nccnc2CNC(=O)c2ccc(S(=O)(=O)N3CCCC3)cc2)cn1. The minimum Gasteiger partial charge on any atom is -0.346 e. The van der Waals surface area contributed by atoms with Crippen molar-refractivity contribution in [2.75, 3.05) is 13.1 Å². The Balaban J connectivity index is 1.45. The fourth-order valence-electron chi connectivity index (χ4n) is 3.40. The van der Waals surface area contributed by atoms with Gasteiger partial charge in [0.05, 0.1) is 29.0 Å². The van der Waals surface area contributed by atoms with Crippen LogP contribution >= 0.6 is 0 Å². The molecule has 1 amide bonds. The second-order valence-electron chi connectivity index (χ2n) is 7.07. The van der Waals surface area contributed by atoms with Crippen LogP contribution in [0.2, 0.25) is 0 Å². The lowest BCUT2D eigenvalue weighted by atomic mass is 10.2. The average Bonchev–Trinajstić information content (AvgIpc) is 3.45. The van der Waals surface area contributed by atoms with E-state index in [4.69, 9.17) is 0 Å². The summed E-state index contributed by atoms with van der Waals surface area (Å²) in [5.41, 5.74) is 2.46. The van der Waals surface area contributed by atoms with Gasteiger partial charge in [-0.15, -0.1) is 0 Å². The number of rotatable bonds is 6. The third-order valence-corrected chi connectivity index (χ3v) is 6.90. The molecular formula is C20H22N6O3S. The summed E-state index contributed by atoms with van der Waals surface area (Å²) in [4.78, 5) is 21.4. The molecule has 0 radical (unpaired) electrons. The Morgan fingerprint density at radius 2 is 1.80 bits per heavy atom. The van der Waals surface area contributed by atoms with Crippen LogP contribution in [0.3, 0.4) is 0 Å². The number of hydrogen-bond donors (Lipinski definition) is 1. The maximum Gasteiger partial charge on any atom is 0.251 e. The van der Waals surface area contributed by atoms with Crippen molar-refractivity contribution in [2.24, 2.45) is 7.05 Å². The predicted octanol–water partition coefficient (Wildman–Crippen LogP) is 1.59. The van der Waals surface area contributed by atoms with Gasteiger partial charge in [0.15, 0.2) is 0 Å². The van der Waals surface area contributed by atoms with Crippen LogP contribution in [0.25, 0.3) is 11.3 Å². The van der Waals surface area contributed by atoms with Crippen LogP contribution < -0.4 is 5.32 Å². The molecule has 0 unspecified atom stereocenters. The smallest absolute Gasteiger partial charge is 0.251 e. The Kier molecular flexibility index (Phi) is 5.60. The summed E-state index contributed by atoms with van der Waals surface area (Å²) in [5, 5.41) is 6.96. The minimum atomic E-state index is -3.50. The maximum atomic E-state index is 12.6. The van der Waals surface area contributed by atoms with Gasteiger partial charge in [0.1, 0.15) is 0 Å². The molecule has 0 spiro atoms. The molecule has 0 atom stereocenters. The number of hydrogen-bond acceptors (Lipinski definition) is 6. The first-order chi connectivity index (χ1) is 14.4. The highest BCUT2D eigenvalue weighted by Gasteiger charge is 2.27. The topological polar surface area (TPSA) is 110 Å². The molecule has 1 saturated heterocycles. The van der Waals surface area contributed by atoms with Crippen molar-refractivity contribution < 1.29 is 13.2 Å². The van der Waals surface area contributed by atoms with Crippen LogP contribution in [0.1, 0.15) is 28.9 Å². The molecule has 1 aromatic carbocycles. The Labute approximate surface area is 174 Å². The molecule has 30 heavy (non-hydrogen) atoms. The molecular weight excluding hydrogens is 404 g/mol. The van der Waals surface area contributed by atoms with E-state index in [9.17, 15) is 13.2 Å². The molecule has 9 nitrogen and oxygen atoms in total. The Bertz CT molecular complexity index is 1150. The van der Waals surface area contributed by atoms with E-state index in [0.717, 1.165) is 18.4 Å². The summed E-state index contributed by atoms with van der Waals surface area (Å²) in [6, 6.07) is 6.01. The number of benzene rings is 1. The average molecular weight is 427 g/mol. The number of amides is 1. The third-order valence-electron chi connectivity index (χ3n) is 4.99. The summed E-state index contributed by atoms with van der Waals surface area (Å²) in [7, 11) is -1.68. The highest BCUT2D eigenvalue weighted by atomic mass is 32.2. The van der Waals surface area contributed by atoms with Crippen LogP contribution in [0.15, 0.2) is 53.9 Å². The van der Waals surface area contributed by atoms with Gasteiger partial charge in [0.25, 0.3) is 5.91 Å². The zero-order valence-electron chi connectivity index (χ0n) is 16.5. The summed E-state index contributed by atoms with van der Waals surface area (Å²) >= 11 is 0. The molecule has 2 aromatic heterocycles. The molecule has 3 aromatic rings. The van der Waals surface area contributed by atoms with E-state index >= 15 is 0 Å². The second kappa shape index (κ2) is 8.33. The predicted molar refractivity (Wildman–Crippen MR) is 110 cm³/mol. The molecule has 0 bridgehead atoms. The Morgan fingerprint density at radius 1 is 1.10 bits per heavy atom. The van der Waals surface area contributed by atoms with Gasteiger partial charge in [-0.05, 0) is 37.1 Å². The largest absolute Gasteiger partial charge is 0.346 e. The molecule has 0 aliphatic carbocycles. The van der Waals surface area contributed by atoms with Gasteiger partial charge in [0.2, 0.25) is 10.0 Å². The molecule has 0 saturated carbocycles. The first-order valence-corrected chi connectivity index (χ1v) is 11.1. The standard InChI is InChI=1S/C20H22N6O3S/c1-25-14-16(12-24-25)19-18(21-8-9-22-19)13-23-20(27)15-4-6-17(7-5-15)30(28,29)26-10-2-3-11-26/h4-9,12,14H,2-3,10-11,13H2,1H3,(H,23,27). The highest BCUT2D eigenvalue weighted by molar-refractivity contribution is 7.89. The highest BCUT2D eigenvalue weighted by Crippen LogP contribution is 2.21. The zero-order chi connectivity index (χ0) is 21.1. The molecule has 1 aliphatic rings. The zero-order valence-corrected chi connectivity index (χ0v) is 17.3. The Hall–Kier alpha value is -3.11. The number of nitrogens with one attached hydrogen (secondary N) is 1.